The number of hydrogen-bond donors (Lipinski definition) is 2. The lowest BCUT2D eigenvalue weighted by molar-refractivity contribution is -0.116. The van der Waals surface area contributed by atoms with Crippen LogP contribution in [-0.2, 0) is 4.79 Å². The fourth-order valence-electron chi connectivity index (χ4n) is 2.25. The summed E-state index contributed by atoms with van der Waals surface area (Å²) >= 11 is 7.69. The molecule has 1 aromatic carbocycles. The molecule has 0 fully saturated rings. The van der Waals surface area contributed by atoms with Gasteiger partial charge in [0, 0.05) is 36.3 Å². The third kappa shape index (κ3) is 4.26. The summed E-state index contributed by atoms with van der Waals surface area (Å²) in [5, 5.41) is 13.8. The van der Waals surface area contributed by atoms with Crippen LogP contribution < -0.4 is 10.6 Å². The van der Waals surface area contributed by atoms with Crippen LogP contribution in [0.4, 0.5) is 5.69 Å². The van der Waals surface area contributed by atoms with E-state index in [4.69, 9.17) is 11.6 Å². The van der Waals surface area contributed by atoms with Crippen molar-refractivity contribution in [2.24, 2.45) is 0 Å². The number of nitrogens with one attached hydrogen (secondary N) is 2. The van der Waals surface area contributed by atoms with E-state index in [0.29, 0.717) is 22.0 Å². The number of amides is 2. The zero-order valence-corrected chi connectivity index (χ0v) is 14.7. The highest BCUT2D eigenvalue weighted by Gasteiger charge is 2.13. The maximum Gasteiger partial charge on any atom is 0.252 e. The van der Waals surface area contributed by atoms with Crippen molar-refractivity contribution in [3.05, 3.63) is 64.1 Å². The Bertz CT molecular complexity index is 863. The van der Waals surface area contributed by atoms with E-state index < -0.39 is 0 Å². The number of halogens is 1. The van der Waals surface area contributed by atoms with Gasteiger partial charge < -0.3 is 10.6 Å². The number of rotatable bonds is 6. The Morgan fingerprint density at radius 3 is 2.84 bits per heavy atom. The molecule has 0 saturated carbocycles. The topological polar surface area (TPSA) is 76.0 Å². The minimum atomic E-state index is -0.221. The molecule has 0 spiro atoms. The second-order valence-electron chi connectivity index (χ2n) is 5.15. The van der Waals surface area contributed by atoms with Crippen LogP contribution in [0, 0.1) is 0 Å². The van der Waals surface area contributed by atoms with E-state index in [9.17, 15) is 9.59 Å². The molecule has 2 aromatic heterocycles. The van der Waals surface area contributed by atoms with E-state index in [-0.39, 0.29) is 24.8 Å². The third-order valence-electron chi connectivity index (χ3n) is 3.42. The van der Waals surface area contributed by atoms with Crippen LogP contribution >= 0.6 is 22.9 Å². The number of carbonyl (C=O) groups excluding carboxylic acids is 2. The zero-order chi connectivity index (χ0) is 17.6. The number of nitrogens with zero attached hydrogens (tertiary/aromatic N) is 2. The highest BCUT2D eigenvalue weighted by atomic mass is 35.5. The van der Waals surface area contributed by atoms with Gasteiger partial charge >= 0.3 is 0 Å². The standard InChI is InChI=1S/C17H15ClN4O2S/c18-13-3-1-4-14(16(13)22-9-2-7-20-22)21-15(23)5-8-19-17(24)12-6-10-25-11-12/h1-4,6-7,9-11H,5,8H2,(H,19,24)(H,21,23). The van der Waals surface area contributed by atoms with Gasteiger partial charge in [-0.2, -0.15) is 16.4 Å². The number of hydrogen-bond acceptors (Lipinski definition) is 4. The first-order chi connectivity index (χ1) is 12.1. The van der Waals surface area contributed by atoms with Gasteiger partial charge in [0.1, 0.15) is 5.69 Å². The van der Waals surface area contributed by atoms with Crippen LogP contribution in [0.1, 0.15) is 16.8 Å². The number of thiophene rings is 1. The van der Waals surface area contributed by atoms with Crippen molar-refractivity contribution in [2.45, 2.75) is 6.42 Å². The van der Waals surface area contributed by atoms with E-state index in [0.717, 1.165) is 0 Å². The predicted molar refractivity (Wildman–Crippen MR) is 98.5 cm³/mol. The monoisotopic (exact) mass is 374 g/mol. The molecule has 0 radical (unpaired) electrons. The Morgan fingerprint density at radius 2 is 2.12 bits per heavy atom. The molecule has 8 heteroatoms. The molecule has 3 rings (SSSR count). The zero-order valence-electron chi connectivity index (χ0n) is 13.1. The summed E-state index contributed by atoms with van der Waals surface area (Å²) in [6.45, 7) is 0.248. The second kappa shape index (κ2) is 7.96. The van der Waals surface area contributed by atoms with Crippen molar-refractivity contribution in [1.82, 2.24) is 15.1 Å². The smallest absolute Gasteiger partial charge is 0.252 e. The summed E-state index contributed by atoms with van der Waals surface area (Å²) in [4.78, 5) is 24.0. The second-order valence-corrected chi connectivity index (χ2v) is 6.34. The largest absolute Gasteiger partial charge is 0.351 e. The maximum atomic E-state index is 12.2. The molecular formula is C17H15ClN4O2S. The van der Waals surface area contributed by atoms with E-state index in [1.807, 2.05) is 5.38 Å². The van der Waals surface area contributed by atoms with Crippen LogP contribution in [0.5, 0.6) is 0 Å². The Hall–Kier alpha value is -2.64. The van der Waals surface area contributed by atoms with E-state index in [2.05, 4.69) is 15.7 Å². The van der Waals surface area contributed by atoms with Crippen molar-refractivity contribution in [3.8, 4) is 5.69 Å². The van der Waals surface area contributed by atoms with Gasteiger partial charge in [-0.05, 0) is 29.6 Å². The number of anilines is 1. The highest BCUT2D eigenvalue weighted by molar-refractivity contribution is 7.08. The molecule has 128 valence electrons. The van der Waals surface area contributed by atoms with Gasteiger partial charge in [0.05, 0.1) is 10.7 Å². The van der Waals surface area contributed by atoms with Gasteiger partial charge in [0.25, 0.3) is 5.91 Å². The molecule has 0 bridgehead atoms. The van der Waals surface area contributed by atoms with Crippen molar-refractivity contribution in [1.29, 1.82) is 0 Å². The fraction of sp³-hybridized carbons (Fsp3) is 0.118. The molecular weight excluding hydrogens is 360 g/mol. The lowest BCUT2D eigenvalue weighted by Crippen LogP contribution is -2.27. The average molecular weight is 375 g/mol. The van der Waals surface area contributed by atoms with Gasteiger partial charge in [-0.3, -0.25) is 9.59 Å². The van der Waals surface area contributed by atoms with Gasteiger partial charge in [-0.15, -0.1) is 0 Å². The summed E-state index contributed by atoms with van der Waals surface area (Å²) < 4.78 is 1.59. The average Bonchev–Trinajstić information content (AvgIpc) is 3.29. The summed E-state index contributed by atoms with van der Waals surface area (Å²) in [5.74, 6) is -0.407. The minimum absolute atomic E-state index is 0.154. The Balaban J connectivity index is 1.60. The Morgan fingerprint density at radius 1 is 1.24 bits per heavy atom. The van der Waals surface area contributed by atoms with Gasteiger partial charge in [0.15, 0.2) is 0 Å². The number of para-hydroxylation sites is 1. The summed E-state index contributed by atoms with van der Waals surface area (Å²) in [5.41, 5.74) is 1.76. The summed E-state index contributed by atoms with van der Waals surface area (Å²) in [6.07, 6.45) is 3.54. The quantitative estimate of drug-likeness (QED) is 0.694. The van der Waals surface area contributed by atoms with E-state index in [1.165, 1.54) is 11.3 Å². The first kappa shape index (κ1) is 17.2. The van der Waals surface area contributed by atoms with E-state index in [1.54, 1.807) is 52.8 Å². The third-order valence-corrected chi connectivity index (χ3v) is 4.40. The van der Waals surface area contributed by atoms with Crippen LogP contribution in [0.25, 0.3) is 5.69 Å². The number of aromatic nitrogens is 2. The molecule has 2 N–H and O–H groups in total. The van der Waals surface area contributed by atoms with Crippen molar-refractivity contribution in [2.75, 3.05) is 11.9 Å². The Kier molecular flexibility index (Phi) is 5.47. The molecule has 0 aliphatic heterocycles. The van der Waals surface area contributed by atoms with Crippen molar-refractivity contribution < 1.29 is 9.59 Å². The van der Waals surface area contributed by atoms with Crippen molar-refractivity contribution >= 4 is 40.4 Å². The molecule has 6 nitrogen and oxygen atoms in total. The molecule has 0 aliphatic rings. The summed E-state index contributed by atoms with van der Waals surface area (Å²) in [7, 11) is 0. The summed E-state index contributed by atoms with van der Waals surface area (Å²) in [6, 6.07) is 8.75. The first-order valence-electron chi connectivity index (χ1n) is 7.54. The predicted octanol–water partition coefficient (Wildman–Crippen LogP) is 3.35. The maximum absolute atomic E-state index is 12.2. The molecule has 0 aliphatic carbocycles. The molecule has 3 aromatic rings. The molecule has 2 amide bonds. The van der Waals surface area contributed by atoms with Gasteiger partial charge in [-0.1, -0.05) is 17.7 Å². The first-order valence-corrected chi connectivity index (χ1v) is 8.86. The van der Waals surface area contributed by atoms with Crippen LogP contribution in [0.15, 0.2) is 53.5 Å². The highest BCUT2D eigenvalue weighted by Crippen LogP contribution is 2.28. The molecule has 0 atom stereocenters. The Labute approximate surface area is 153 Å². The normalized spacial score (nSPS) is 10.4. The van der Waals surface area contributed by atoms with Crippen LogP contribution in [0.2, 0.25) is 5.02 Å². The number of carbonyl (C=O) groups is 2. The fourth-order valence-corrected chi connectivity index (χ4v) is 3.15. The number of benzene rings is 1. The SMILES string of the molecule is O=C(CCNC(=O)c1ccsc1)Nc1cccc(Cl)c1-n1cccn1. The molecule has 25 heavy (non-hydrogen) atoms. The molecule has 0 unspecified atom stereocenters. The van der Waals surface area contributed by atoms with E-state index >= 15 is 0 Å². The van der Waals surface area contributed by atoms with Gasteiger partial charge in [-0.25, -0.2) is 4.68 Å². The minimum Gasteiger partial charge on any atom is -0.351 e. The van der Waals surface area contributed by atoms with Crippen molar-refractivity contribution in [3.63, 3.8) is 0 Å². The lowest BCUT2D eigenvalue weighted by Gasteiger charge is -2.13. The molecule has 2 heterocycles. The van der Waals surface area contributed by atoms with Crippen LogP contribution in [0.3, 0.4) is 0 Å². The molecule has 0 saturated heterocycles. The van der Waals surface area contributed by atoms with Gasteiger partial charge in [0.2, 0.25) is 5.91 Å². The lowest BCUT2D eigenvalue weighted by atomic mass is 10.2. The van der Waals surface area contributed by atoms with Crippen LogP contribution in [-0.4, -0.2) is 28.1 Å².